The smallest absolute Gasteiger partial charge is 0.169 e. The van der Waals surface area contributed by atoms with Crippen LogP contribution in [0.4, 0.5) is 0 Å². The standard InChI is InChI=1S/C16H14BrNO2/c1-19-13-5-4-10-8-12(3-2-11(10)9-13)16(18)14-6-7-15(17)20-14/h2-9,16H,18H2,1H3. The highest BCUT2D eigenvalue weighted by Crippen LogP contribution is 2.28. The van der Waals surface area contributed by atoms with Crippen LogP contribution >= 0.6 is 15.9 Å². The molecule has 0 aliphatic rings. The molecular formula is C16H14BrNO2. The van der Waals surface area contributed by atoms with Gasteiger partial charge in [-0.15, -0.1) is 0 Å². The van der Waals surface area contributed by atoms with E-state index >= 15 is 0 Å². The molecule has 102 valence electrons. The predicted molar refractivity (Wildman–Crippen MR) is 82.9 cm³/mol. The molecular weight excluding hydrogens is 318 g/mol. The maximum atomic E-state index is 6.24. The topological polar surface area (TPSA) is 48.4 Å². The molecule has 4 heteroatoms. The number of hydrogen-bond acceptors (Lipinski definition) is 3. The van der Waals surface area contributed by atoms with Gasteiger partial charge in [0.2, 0.25) is 0 Å². The van der Waals surface area contributed by atoms with E-state index in [4.69, 9.17) is 14.9 Å². The van der Waals surface area contributed by atoms with Crippen molar-refractivity contribution in [2.24, 2.45) is 5.73 Å². The summed E-state index contributed by atoms with van der Waals surface area (Å²) in [5.74, 6) is 1.59. The van der Waals surface area contributed by atoms with Crippen molar-refractivity contribution >= 4 is 26.7 Å². The molecule has 1 aromatic heterocycles. The minimum Gasteiger partial charge on any atom is -0.497 e. The Labute approximate surface area is 125 Å². The van der Waals surface area contributed by atoms with E-state index in [1.54, 1.807) is 7.11 Å². The Morgan fingerprint density at radius 1 is 1.05 bits per heavy atom. The SMILES string of the molecule is COc1ccc2cc(C(N)c3ccc(Br)o3)ccc2c1. The second kappa shape index (κ2) is 5.31. The van der Waals surface area contributed by atoms with Gasteiger partial charge in [-0.05, 0) is 62.6 Å². The molecule has 0 bridgehead atoms. The van der Waals surface area contributed by atoms with Crippen LogP contribution in [-0.4, -0.2) is 7.11 Å². The van der Waals surface area contributed by atoms with Gasteiger partial charge in [-0.25, -0.2) is 0 Å². The third-order valence-electron chi connectivity index (χ3n) is 3.33. The van der Waals surface area contributed by atoms with E-state index in [1.807, 2.05) is 42.5 Å². The Morgan fingerprint density at radius 3 is 2.50 bits per heavy atom. The summed E-state index contributed by atoms with van der Waals surface area (Å²) in [4.78, 5) is 0. The molecule has 0 saturated heterocycles. The normalized spacial score (nSPS) is 12.6. The van der Waals surface area contributed by atoms with Gasteiger partial charge in [0.1, 0.15) is 11.5 Å². The Morgan fingerprint density at radius 2 is 1.80 bits per heavy atom. The molecule has 3 rings (SSSR count). The Hall–Kier alpha value is -1.78. The molecule has 0 amide bonds. The van der Waals surface area contributed by atoms with Gasteiger partial charge in [0.15, 0.2) is 4.67 Å². The second-order valence-corrected chi connectivity index (χ2v) is 5.37. The van der Waals surface area contributed by atoms with Gasteiger partial charge in [-0.2, -0.15) is 0 Å². The highest BCUT2D eigenvalue weighted by molar-refractivity contribution is 9.10. The van der Waals surface area contributed by atoms with E-state index in [0.717, 1.165) is 27.8 Å². The van der Waals surface area contributed by atoms with Gasteiger partial charge in [0, 0.05) is 0 Å². The van der Waals surface area contributed by atoms with Gasteiger partial charge in [0.05, 0.1) is 13.2 Å². The van der Waals surface area contributed by atoms with Crippen LogP contribution in [0.1, 0.15) is 17.4 Å². The van der Waals surface area contributed by atoms with Gasteiger partial charge in [0.25, 0.3) is 0 Å². The van der Waals surface area contributed by atoms with E-state index < -0.39 is 0 Å². The molecule has 0 spiro atoms. The fourth-order valence-corrected chi connectivity index (χ4v) is 2.54. The summed E-state index contributed by atoms with van der Waals surface area (Å²) in [6.45, 7) is 0. The van der Waals surface area contributed by atoms with Crippen molar-refractivity contribution < 1.29 is 9.15 Å². The van der Waals surface area contributed by atoms with E-state index in [-0.39, 0.29) is 6.04 Å². The largest absolute Gasteiger partial charge is 0.497 e. The summed E-state index contributed by atoms with van der Waals surface area (Å²) in [5, 5.41) is 2.25. The van der Waals surface area contributed by atoms with Gasteiger partial charge < -0.3 is 14.9 Å². The quantitative estimate of drug-likeness (QED) is 0.780. The molecule has 0 radical (unpaired) electrons. The molecule has 0 fully saturated rings. The lowest BCUT2D eigenvalue weighted by Crippen LogP contribution is -2.10. The first-order chi connectivity index (χ1) is 9.67. The zero-order valence-electron chi connectivity index (χ0n) is 11.0. The number of furan rings is 1. The summed E-state index contributed by atoms with van der Waals surface area (Å²) in [7, 11) is 1.67. The molecule has 3 aromatic rings. The molecule has 0 saturated carbocycles. The lowest BCUT2D eigenvalue weighted by molar-refractivity contribution is 0.415. The van der Waals surface area contributed by atoms with Crippen LogP contribution in [0.5, 0.6) is 5.75 Å². The first-order valence-corrected chi connectivity index (χ1v) is 7.05. The number of rotatable bonds is 3. The van der Waals surface area contributed by atoms with Crippen LogP contribution in [0.25, 0.3) is 10.8 Å². The molecule has 1 atom stereocenters. The lowest BCUT2D eigenvalue weighted by Gasteiger charge is -2.11. The highest BCUT2D eigenvalue weighted by Gasteiger charge is 2.13. The van der Waals surface area contributed by atoms with Gasteiger partial charge >= 0.3 is 0 Å². The molecule has 1 unspecified atom stereocenters. The first-order valence-electron chi connectivity index (χ1n) is 6.26. The fourth-order valence-electron chi connectivity index (χ4n) is 2.22. The Balaban J connectivity index is 2.00. The highest BCUT2D eigenvalue weighted by atomic mass is 79.9. The predicted octanol–water partition coefficient (Wildman–Crippen LogP) is 4.25. The minimum absolute atomic E-state index is 0.271. The lowest BCUT2D eigenvalue weighted by atomic mass is 10.0. The van der Waals surface area contributed by atoms with Crippen LogP contribution in [-0.2, 0) is 0 Å². The van der Waals surface area contributed by atoms with Crippen molar-refractivity contribution in [2.45, 2.75) is 6.04 Å². The zero-order chi connectivity index (χ0) is 14.1. The van der Waals surface area contributed by atoms with E-state index in [2.05, 4.69) is 22.0 Å². The summed E-state index contributed by atoms with van der Waals surface area (Å²) in [6.07, 6.45) is 0. The fraction of sp³-hybridized carbons (Fsp3) is 0.125. The number of methoxy groups -OCH3 is 1. The summed E-state index contributed by atoms with van der Waals surface area (Å²) in [5.41, 5.74) is 7.26. The average Bonchev–Trinajstić information content (AvgIpc) is 2.92. The monoisotopic (exact) mass is 331 g/mol. The van der Waals surface area contributed by atoms with Crippen LogP contribution < -0.4 is 10.5 Å². The number of nitrogens with two attached hydrogens (primary N) is 1. The molecule has 1 heterocycles. The maximum absolute atomic E-state index is 6.24. The van der Waals surface area contributed by atoms with E-state index in [9.17, 15) is 0 Å². The van der Waals surface area contributed by atoms with Gasteiger partial charge in [-0.1, -0.05) is 18.2 Å². The maximum Gasteiger partial charge on any atom is 0.169 e. The van der Waals surface area contributed by atoms with Crippen molar-refractivity contribution in [3.05, 3.63) is 64.5 Å². The van der Waals surface area contributed by atoms with Crippen LogP contribution in [0.3, 0.4) is 0 Å². The minimum atomic E-state index is -0.271. The van der Waals surface area contributed by atoms with Crippen molar-refractivity contribution in [1.29, 1.82) is 0 Å². The van der Waals surface area contributed by atoms with Crippen LogP contribution in [0.2, 0.25) is 0 Å². The third kappa shape index (κ3) is 2.44. The van der Waals surface area contributed by atoms with Crippen LogP contribution in [0.15, 0.2) is 57.6 Å². The summed E-state index contributed by atoms with van der Waals surface area (Å²) < 4.78 is 11.4. The first kappa shape index (κ1) is 13.2. The Kier molecular flexibility index (Phi) is 3.51. The molecule has 3 nitrogen and oxygen atoms in total. The number of halogens is 1. The average molecular weight is 332 g/mol. The number of hydrogen-bond donors (Lipinski definition) is 1. The summed E-state index contributed by atoms with van der Waals surface area (Å²) >= 11 is 3.29. The van der Waals surface area contributed by atoms with Crippen molar-refractivity contribution in [3.8, 4) is 5.75 Å². The molecule has 0 aliphatic heterocycles. The van der Waals surface area contributed by atoms with E-state index in [1.165, 1.54) is 0 Å². The molecule has 2 aromatic carbocycles. The molecule has 20 heavy (non-hydrogen) atoms. The third-order valence-corrected chi connectivity index (χ3v) is 3.76. The zero-order valence-corrected chi connectivity index (χ0v) is 12.6. The molecule has 0 aliphatic carbocycles. The molecule has 2 N–H and O–H groups in total. The van der Waals surface area contributed by atoms with Crippen molar-refractivity contribution in [3.63, 3.8) is 0 Å². The summed E-state index contributed by atoms with van der Waals surface area (Å²) in [6, 6.07) is 15.6. The van der Waals surface area contributed by atoms with E-state index in [0.29, 0.717) is 4.67 Å². The van der Waals surface area contributed by atoms with Crippen LogP contribution in [0, 0.1) is 0 Å². The van der Waals surface area contributed by atoms with Gasteiger partial charge in [-0.3, -0.25) is 0 Å². The number of ether oxygens (including phenoxy) is 1. The second-order valence-electron chi connectivity index (χ2n) is 4.59. The van der Waals surface area contributed by atoms with Crippen molar-refractivity contribution in [1.82, 2.24) is 0 Å². The number of benzene rings is 2. The number of fused-ring (bicyclic) bond motifs is 1. The Bertz CT molecular complexity index is 751. The van der Waals surface area contributed by atoms with Crippen molar-refractivity contribution in [2.75, 3.05) is 7.11 Å².